The van der Waals surface area contributed by atoms with Crippen molar-refractivity contribution in [3.05, 3.63) is 29.3 Å². The number of amides is 1. The minimum Gasteiger partial charge on any atom is -0.330 e. The fraction of sp³-hybridized carbons (Fsp3) is 0.500. The van der Waals surface area contributed by atoms with E-state index in [9.17, 15) is 4.79 Å². The zero-order chi connectivity index (χ0) is 12.8. The van der Waals surface area contributed by atoms with Crippen molar-refractivity contribution in [1.29, 1.82) is 0 Å². The van der Waals surface area contributed by atoms with Crippen molar-refractivity contribution in [2.75, 3.05) is 11.9 Å². The molecule has 0 radical (unpaired) electrons. The number of carbonyl (C=O) groups excluding carboxylic acids is 1. The minimum atomic E-state index is 0.0468. The highest BCUT2D eigenvalue weighted by Crippen LogP contribution is 2.15. The second kappa shape index (κ2) is 6.40. The standard InChI is InChI=1S/C14H22N2O/c1-4-12(9-15)8-14(17)16-13-6-5-10(2)11(3)7-13/h5-7,12H,4,8-9,15H2,1-3H3,(H,16,17). The number of anilines is 1. The highest BCUT2D eigenvalue weighted by Gasteiger charge is 2.10. The van der Waals surface area contributed by atoms with Gasteiger partial charge in [0.25, 0.3) is 0 Å². The van der Waals surface area contributed by atoms with Gasteiger partial charge in [0.15, 0.2) is 0 Å². The van der Waals surface area contributed by atoms with Crippen molar-refractivity contribution in [3.63, 3.8) is 0 Å². The first kappa shape index (κ1) is 13.7. The van der Waals surface area contributed by atoms with E-state index in [0.29, 0.717) is 13.0 Å². The van der Waals surface area contributed by atoms with Gasteiger partial charge in [-0.2, -0.15) is 0 Å². The van der Waals surface area contributed by atoms with E-state index in [-0.39, 0.29) is 11.8 Å². The number of aryl methyl sites for hydroxylation is 2. The summed E-state index contributed by atoms with van der Waals surface area (Å²) in [5.74, 6) is 0.326. The molecule has 1 aromatic carbocycles. The van der Waals surface area contributed by atoms with Crippen LogP contribution in [0.4, 0.5) is 5.69 Å². The largest absolute Gasteiger partial charge is 0.330 e. The summed E-state index contributed by atoms with van der Waals surface area (Å²) < 4.78 is 0. The smallest absolute Gasteiger partial charge is 0.224 e. The Morgan fingerprint density at radius 1 is 1.35 bits per heavy atom. The summed E-state index contributed by atoms with van der Waals surface area (Å²) in [7, 11) is 0. The molecule has 3 N–H and O–H groups in total. The van der Waals surface area contributed by atoms with Crippen LogP contribution in [0.1, 0.15) is 30.9 Å². The molecule has 0 spiro atoms. The quantitative estimate of drug-likeness (QED) is 0.822. The summed E-state index contributed by atoms with van der Waals surface area (Å²) in [5.41, 5.74) is 8.88. The lowest BCUT2D eigenvalue weighted by molar-refractivity contribution is -0.117. The molecule has 1 amide bonds. The van der Waals surface area contributed by atoms with Gasteiger partial charge in [0.1, 0.15) is 0 Å². The Bertz CT molecular complexity index is 384. The number of carbonyl (C=O) groups is 1. The fourth-order valence-corrected chi connectivity index (χ4v) is 1.69. The van der Waals surface area contributed by atoms with E-state index in [0.717, 1.165) is 12.1 Å². The second-order valence-corrected chi connectivity index (χ2v) is 4.56. The molecule has 3 heteroatoms. The van der Waals surface area contributed by atoms with Gasteiger partial charge in [-0.25, -0.2) is 0 Å². The molecule has 0 heterocycles. The van der Waals surface area contributed by atoms with E-state index < -0.39 is 0 Å². The fourth-order valence-electron chi connectivity index (χ4n) is 1.69. The number of nitrogens with two attached hydrogens (primary N) is 1. The van der Waals surface area contributed by atoms with Gasteiger partial charge in [0.2, 0.25) is 5.91 Å². The molecule has 0 bridgehead atoms. The van der Waals surface area contributed by atoms with Gasteiger partial charge in [0.05, 0.1) is 0 Å². The summed E-state index contributed by atoms with van der Waals surface area (Å²) in [6.07, 6.45) is 1.44. The zero-order valence-corrected chi connectivity index (χ0v) is 10.9. The van der Waals surface area contributed by atoms with E-state index in [1.54, 1.807) is 0 Å². The van der Waals surface area contributed by atoms with Crippen LogP contribution >= 0.6 is 0 Å². The average molecular weight is 234 g/mol. The average Bonchev–Trinajstić information content (AvgIpc) is 2.31. The SMILES string of the molecule is CCC(CN)CC(=O)Nc1ccc(C)c(C)c1. The van der Waals surface area contributed by atoms with Gasteiger partial charge >= 0.3 is 0 Å². The van der Waals surface area contributed by atoms with Crippen LogP contribution < -0.4 is 11.1 Å². The lowest BCUT2D eigenvalue weighted by atomic mass is 10.0. The molecule has 0 aliphatic heterocycles. The summed E-state index contributed by atoms with van der Waals surface area (Å²) in [6, 6.07) is 5.95. The Morgan fingerprint density at radius 2 is 2.06 bits per heavy atom. The van der Waals surface area contributed by atoms with E-state index in [1.165, 1.54) is 11.1 Å². The van der Waals surface area contributed by atoms with Crippen molar-refractivity contribution in [3.8, 4) is 0 Å². The highest BCUT2D eigenvalue weighted by molar-refractivity contribution is 5.91. The van der Waals surface area contributed by atoms with Crippen LogP contribution in [0, 0.1) is 19.8 Å². The third-order valence-electron chi connectivity index (χ3n) is 3.18. The maximum Gasteiger partial charge on any atom is 0.224 e. The molecule has 0 fully saturated rings. The number of benzene rings is 1. The predicted octanol–water partition coefficient (Wildman–Crippen LogP) is 2.62. The van der Waals surface area contributed by atoms with Crippen molar-refractivity contribution < 1.29 is 4.79 Å². The Morgan fingerprint density at radius 3 is 2.59 bits per heavy atom. The predicted molar refractivity (Wildman–Crippen MR) is 72.0 cm³/mol. The Kier molecular flexibility index (Phi) is 5.16. The van der Waals surface area contributed by atoms with E-state index >= 15 is 0 Å². The van der Waals surface area contributed by atoms with Crippen LogP contribution in [0.25, 0.3) is 0 Å². The van der Waals surface area contributed by atoms with Crippen LogP contribution in [0.2, 0.25) is 0 Å². The van der Waals surface area contributed by atoms with Crippen molar-refractivity contribution in [2.24, 2.45) is 11.7 Å². The van der Waals surface area contributed by atoms with Gasteiger partial charge < -0.3 is 11.1 Å². The van der Waals surface area contributed by atoms with Gasteiger partial charge in [-0.1, -0.05) is 19.4 Å². The molecule has 0 saturated heterocycles. The third kappa shape index (κ3) is 4.19. The van der Waals surface area contributed by atoms with Crippen molar-refractivity contribution in [1.82, 2.24) is 0 Å². The van der Waals surface area contributed by atoms with Gasteiger partial charge in [-0.15, -0.1) is 0 Å². The first-order valence-corrected chi connectivity index (χ1v) is 6.14. The maximum atomic E-state index is 11.8. The molecule has 0 aliphatic carbocycles. The van der Waals surface area contributed by atoms with E-state index in [2.05, 4.69) is 19.2 Å². The van der Waals surface area contributed by atoms with Gasteiger partial charge in [-0.05, 0) is 49.6 Å². The zero-order valence-electron chi connectivity index (χ0n) is 10.9. The molecule has 1 unspecified atom stereocenters. The number of nitrogens with one attached hydrogen (secondary N) is 1. The highest BCUT2D eigenvalue weighted by atomic mass is 16.1. The molecule has 1 atom stereocenters. The van der Waals surface area contributed by atoms with Crippen LogP contribution in [0.3, 0.4) is 0 Å². The molecule has 94 valence electrons. The second-order valence-electron chi connectivity index (χ2n) is 4.56. The maximum absolute atomic E-state index is 11.8. The summed E-state index contributed by atoms with van der Waals surface area (Å²) in [4.78, 5) is 11.8. The van der Waals surface area contributed by atoms with Crippen molar-refractivity contribution in [2.45, 2.75) is 33.6 Å². The minimum absolute atomic E-state index is 0.0468. The van der Waals surface area contributed by atoms with Crippen molar-refractivity contribution >= 4 is 11.6 Å². The van der Waals surface area contributed by atoms with Crippen LogP contribution in [0.15, 0.2) is 18.2 Å². The van der Waals surface area contributed by atoms with Crippen LogP contribution in [-0.2, 0) is 4.79 Å². The van der Waals surface area contributed by atoms with Gasteiger partial charge in [-0.3, -0.25) is 4.79 Å². The topological polar surface area (TPSA) is 55.1 Å². The van der Waals surface area contributed by atoms with E-state index in [1.807, 2.05) is 25.1 Å². The molecule has 3 nitrogen and oxygen atoms in total. The van der Waals surface area contributed by atoms with Crippen LogP contribution in [0.5, 0.6) is 0 Å². The summed E-state index contributed by atoms with van der Waals surface area (Å²) in [6.45, 7) is 6.72. The number of hydrogen-bond donors (Lipinski definition) is 2. The lowest BCUT2D eigenvalue weighted by Crippen LogP contribution is -2.21. The molecule has 17 heavy (non-hydrogen) atoms. The lowest BCUT2D eigenvalue weighted by Gasteiger charge is -2.12. The Labute approximate surface area is 103 Å². The molecule has 1 rings (SSSR count). The molecule has 0 aliphatic rings. The first-order chi connectivity index (χ1) is 8.06. The Hall–Kier alpha value is -1.35. The molecule has 1 aromatic rings. The molecular formula is C14H22N2O. The monoisotopic (exact) mass is 234 g/mol. The van der Waals surface area contributed by atoms with Crippen LogP contribution in [-0.4, -0.2) is 12.5 Å². The molecular weight excluding hydrogens is 212 g/mol. The first-order valence-electron chi connectivity index (χ1n) is 6.14. The van der Waals surface area contributed by atoms with Gasteiger partial charge in [0, 0.05) is 12.1 Å². The molecule has 0 saturated carbocycles. The number of rotatable bonds is 5. The summed E-state index contributed by atoms with van der Waals surface area (Å²) >= 11 is 0. The molecule has 0 aromatic heterocycles. The Balaban J connectivity index is 2.58. The third-order valence-corrected chi connectivity index (χ3v) is 3.18. The van der Waals surface area contributed by atoms with E-state index in [4.69, 9.17) is 5.73 Å². The normalized spacial score (nSPS) is 12.2. The summed E-state index contributed by atoms with van der Waals surface area (Å²) in [5, 5.41) is 2.91. The number of hydrogen-bond acceptors (Lipinski definition) is 2.